The molecule has 1 atom stereocenters. The van der Waals surface area contributed by atoms with Gasteiger partial charge in [-0.1, -0.05) is 0 Å². The van der Waals surface area contributed by atoms with Gasteiger partial charge in [0.05, 0.1) is 0 Å². The lowest BCUT2D eigenvalue weighted by Crippen LogP contribution is -2.56. The van der Waals surface area contributed by atoms with E-state index in [4.69, 9.17) is 10.3 Å². The first kappa shape index (κ1) is 14.8. The molecule has 0 aromatic carbocycles. The minimum absolute atomic E-state index is 0.0575. The van der Waals surface area contributed by atoms with Crippen molar-refractivity contribution >= 4 is 22.3 Å². The number of carbonyl (C=O) groups is 2. The van der Waals surface area contributed by atoms with Crippen molar-refractivity contribution in [2.75, 3.05) is 6.54 Å². The molecule has 0 saturated heterocycles. The lowest BCUT2D eigenvalue weighted by atomic mass is 9.99. The number of amides is 3. The summed E-state index contributed by atoms with van der Waals surface area (Å²) in [5, 5.41) is 0.409. The van der Waals surface area contributed by atoms with E-state index in [1.807, 2.05) is 0 Å². The Bertz CT molecular complexity index is 568. The molecule has 20 heavy (non-hydrogen) atoms. The number of rotatable bonds is 5. The summed E-state index contributed by atoms with van der Waals surface area (Å²) in [6.45, 7) is 1.76. The highest BCUT2D eigenvalue weighted by Crippen LogP contribution is 2.41. The fourth-order valence-corrected chi connectivity index (χ4v) is 2.52. The molecule has 1 aliphatic carbocycles. The van der Waals surface area contributed by atoms with E-state index in [9.17, 15) is 18.0 Å². The summed E-state index contributed by atoms with van der Waals surface area (Å²) >= 11 is 0. The van der Waals surface area contributed by atoms with Crippen LogP contribution in [0, 0.1) is 5.92 Å². The molecule has 1 fully saturated rings. The smallest absolute Gasteiger partial charge is 0.368 e. The number of hydroxylamine groups is 2. The SMILES string of the molecule is CCN1C(=O)N(OS(=O)(=O)O)C=C(C2CC2)[C@H]1C(N)=O. The molecule has 2 aliphatic rings. The molecule has 112 valence electrons. The molecule has 0 spiro atoms. The number of nitrogens with two attached hydrogens (primary N) is 1. The highest BCUT2D eigenvalue weighted by Gasteiger charge is 2.44. The monoisotopic (exact) mass is 305 g/mol. The van der Waals surface area contributed by atoms with Crippen LogP contribution in [-0.2, 0) is 19.5 Å². The number of nitrogens with zero attached hydrogens (tertiary/aromatic N) is 2. The Morgan fingerprint density at radius 1 is 1.55 bits per heavy atom. The first-order valence-electron chi connectivity index (χ1n) is 6.02. The van der Waals surface area contributed by atoms with Crippen LogP contribution in [0.3, 0.4) is 0 Å². The molecule has 3 N–H and O–H groups in total. The van der Waals surface area contributed by atoms with Crippen molar-refractivity contribution in [2.24, 2.45) is 11.7 Å². The Morgan fingerprint density at radius 3 is 2.55 bits per heavy atom. The lowest BCUT2D eigenvalue weighted by Gasteiger charge is -2.37. The van der Waals surface area contributed by atoms with Gasteiger partial charge in [0.25, 0.3) is 0 Å². The summed E-state index contributed by atoms with van der Waals surface area (Å²) in [5.41, 5.74) is 5.84. The normalized spacial score (nSPS) is 23.8. The van der Waals surface area contributed by atoms with Crippen LogP contribution in [0.1, 0.15) is 19.8 Å². The van der Waals surface area contributed by atoms with Crippen molar-refractivity contribution in [3.8, 4) is 0 Å². The second-order valence-corrected chi connectivity index (χ2v) is 5.61. The highest BCUT2D eigenvalue weighted by molar-refractivity contribution is 7.80. The van der Waals surface area contributed by atoms with Crippen LogP contribution in [0.15, 0.2) is 11.8 Å². The van der Waals surface area contributed by atoms with E-state index in [1.54, 1.807) is 6.92 Å². The van der Waals surface area contributed by atoms with Gasteiger partial charge < -0.3 is 10.6 Å². The molecule has 1 aliphatic heterocycles. The first-order valence-corrected chi connectivity index (χ1v) is 7.39. The Morgan fingerprint density at radius 2 is 2.15 bits per heavy atom. The maximum absolute atomic E-state index is 12.0. The van der Waals surface area contributed by atoms with Crippen LogP contribution < -0.4 is 5.73 Å². The van der Waals surface area contributed by atoms with Crippen molar-refractivity contribution in [2.45, 2.75) is 25.8 Å². The van der Waals surface area contributed by atoms with Crippen molar-refractivity contribution in [1.29, 1.82) is 0 Å². The Labute approximate surface area is 115 Å². The first-order chi connectivity index (χ1) is 9.24. The number of urea groups is 1. The number of carbonyl (C=O) groups excluding carboxylic acids is 2. The topological polar surface area (TPSA) is 130 Å². The Hall–Kier alpha value is -1.65. The summed E-state index contributed by atoms with van der Waals surface area (Å²) < 4.78 is 34.4. The molecule has 0 aromatic rings. The third kappa shape index (κ3) is 2.92. The van der Waals surface area contributed by atoms with E-state index in [0.29, 0.717) is 10.6 Å². The average molecular weight is 305 g/mol. The van der Waals surface area contributed by atoms with E-state index in [1.165, 1.54) is 0 Å². The lowest BCUT2D eigenvalue weighted by molar-refractivity contribution is -0.122. The fraction of sp³-hybridized carbons (Fsp3) is 0.600. The third-order valence-electron chi connectivity index (χ3n) is 3.16. The molecule has 0 unspecified atom stereocenters. The van der Waals surface area contributed by atoms with Crippen LogP contribution in [0.2, 0.25) is 0 Å². The largest absolute Gasteiger partial charge is 0.419 e. The van der Waals surface area contributed by atoms with Crippen LogP contribution >= 0.6 is 0 Å². The molecule has 1 saturated carbocycles. The third-order valence-corrected chi connectivity index (χ3v) is 3.51. The molecule has 2 rings (SSSR count). The highest BCUT2D eigenvalue weighted by atomic mass is 32.3. The summed E-state index contributed by atoms with van der Waals surface area (Å²) in [5.74, 6) is -0.632. The van der Waals surface area contributed by atoms with Gasteiger partial charge in [-0.3, -0.25) is 9.35 Å². The van der Waals surface area contributed by atoms with Gasteiger partial charge in [0.2, 0.25) is 5.91 Å². The van der Waals surface area contributed by atoms with E-state index in [-0.39, 0.29) is 12.5 Å². The Kier molecular flexibility index (Phi) is 3.71. The number of likely N-dealkylation sites (N-methyl/N-ethyl adjacent to an activating group) is 1. The summed E-state index contributed by atoms with van der Waals surface area (Å²) in [7, 11) is -4.84. The molecule has 0 aromatic heterocycles. The predicted molar refractivity (Wildman–Crippen MR) is 66.0 cm³/mol. The summed E-state index contributed by atoms with van der Waals surface area (Å²) in [4.78, 5) is 24.7. The minimum atomic E-state index is -4.84. The van der Waals surface area contributed by atoms with Crippen LogP contribution in [0.4, 0.5) is 4.79 Å². The number of hydrogen-bond donors (Lipinski definition) is 2. The van der Waals surface area contributed by atoms with Crippen molar-refractivity contribution in [3.05, 3.63) is 11.8 Å². The minimum Gasteiger partial charge on any atom is -0.368 e. The van der Waals surface area contributed by atoms with E-state index >= 15 is 0 Å². The standard InChI is InChI=1S/C10H15N3O6S/c1-2-12-8(9(11)14)7(6-3-4-6)5-13(10(12)15)19-20(16,17)18/h5-6,8H,2-4H2,1H3,(H2,11,14)(H,16,17,18)/t8-/m0/s1. The molecule has 3 amide bonds. The molecule has 1 heterocycles. The molecule has 9 nitrogen and oxygen atoms in total. The summed E-state index contributed by atoms with van der Waals surface area (Å²) in [6, 6.07) is -1.79. The van der Waals surface area contributed by atoms with Gasteiger partial charge in [0, 0.05) is 12.7 Å². The fourth-order valence-electron chi connectivity index (χ4n) is 2.21. The van der Waals surface area contributed by atoms with Gasteiger partial charge >= 0.3 is 16.4 Å². The second kappa shape index (κ2) is 5.04. The van der Waals surface area contributed by atoms with Crippen LogP contribution in [0.25, 0.3) is 0 Å². The van der Waals surface area contributed by atoms with E-state index in [0.717, 1.165) is 23.9 Å². The van der Waals surface area contributed by atoms with Crippen molar-refractivity contribution in [3.63, 3.8) is 0 Å². The average Bonchev–Trinajstić information content (AvgIpc) is 3.12. The summed E-state index contributed by atoms with van der Waals surface area (Å²) in [6.07, 6.45) is 2.76. The van der Waals surface area contributed by atoms with Gasteiger partial charge in [-0.2, -0.15) is 13.5 Å². The Balaban J connectivity index is 2.40. The van der Waals surface area contributed by atoms with Gasteiger partial charge in [-0.25, -0.2) is 4.79 Å². The molecule has 0 radical (unpaired) electrons. The zero-order chi connectivity index (χ0) is 15.1. The van der Waals surface area contributed by atoms with E-state index < -0.39 is 28.4 Å². The predicted octanol–water partition coefficient (Wildman–Crippen LogP) is -0.374. The van der Waals surface area contributed by atoms with Crippen molar-refractivity contribution in [1.82, 2.24) is 9.96 Å². The molecular weight excluding hydrogens is 290 g/mol. The van der Waals surface area contributed by atoms with Gasteiger partial charge in [0.15, 0.2) is 0 Å². The van der Waals surface area contributed by atoms with Gasteiger partial charge in [-0.05, 0) is 31.3 Å². The quantitative estimate of drug-likeness (QED) is 0.666. The molecule has 0 bridgehead atoms. The number of primary amides is 1. The second-order valence-electron chi connectivity index (χ2n) is 4.60. The van der Waals surface area contributed by atoms with Gasteiger partial charge in [-0.15, -0.1) is 4.28 Å². The molecular formula is C10H15N3O6S. The zero-order valence-electron chi connectivity index (χ0n) is 10.7. The van der Waals surface area contributed by atoms with Gasteiger partial charge in [0.1, 0.15) is 6.04 Å². The maximum atomic E-state index is 12.0. The van der Waals surface area contributed by atoms with Crippen molar-refractivity contribution < 1.29 is 26.8 Å². The number of hydrogen-bond acceptors (Lipinski definition) is 5. The van der Waals surface area contributed by atoms with Crippen LogP contribution in [-0.4, -0.2) is 47.5 Å². The molecule has 10 heteroatoms. The van der Waals surface area contributed by atoms with E-state index in [2.05, 4.69) is 4.28 Å². The van der Waals surface area contributed by atoms with Crippen LogP contribution in [0.5, 0.6) is 0 Å². The maximum Gasteiger partial charge on any atom is 0.419 e. The zero-order valence-corrected chi connectivity index (χ0v) is 11.5.